The molecular weight excluding hydrogens is 202 g/mol. The van der Waals surface area contributed by atoms with Gasteiger partial charge in [0.05, 0.1) is 6.61 Å². The Morgan fingerprint density at radius 1 is 1.50 bits per heavy atom. The first kappa shape index (κ1) is 10.7. The molecular formula is C5H12O5P2. The van der Waals surface area contributed by atoms with Gasteiger partial charge in [-0.05, 0) is 0 Å². The van der Waals surface area contributed by atoms with Gasteiger partial charge in [0, 0.05) is 9.47 Å². The number of hydrogen-bond acceptors (Lipinski definition) is 5. The minimum absolute atomic E-state index is 0.359. The molecule has 12 heavy (non-hydrogen) atoms. The summed E-state index contributed by atoms with van der Waals surface area (Å²) < 4.78 is 9.79. The molecule has 1 rings (SSSR count). The maximum atomic E-state index is 9.37. The number of aliphatic hydroxyl groups is 3. The van der Waals surface area contributed by atoms with E-state index in [1.54, 1.807) is 0 Å². The average Bonchev–Trinajstić information content (AvgIpc) is 2.31. The molecule has 1 fully saturated rings. The van der Waals surface area contributed by atoms with E-state index >= 15 is 0 Å². The third kappa shape index (κ3) is 1.64. The molecule has 72 valence electrons. The van der Waals surface area contributed by atoms with Crippen LogP contribution in [-0.2, 0) is 9.26 Å². The smallest absolute Gasteiger partial charge is 0.213 e. The summed E-state index contributed by atoms with van der Waals surface area (Å²) in [4.78, 5) is 0. The van der Waals surface area contributed by atoms with Gasteiger partial charge in [-0.2, -0.15) is 0 Å². The number of ether oxygens (including phenoxy) is 1. The van der Waals surface area contributed by atoms with Gasteiger partial charge in [-0.3, -0.25) is 0 Å². The molecule has 0 aromatic rings. The monoisotopic (exact) mass is 214 g/mol. The Labute approximate surface area is 74.5 Å². The zero-order valence-electron chi connectivity index (χ0n) is 6.25. The Morgan fingerprint density at radius 2 is 2.08 bits per heavy atom. The summed E-state index contributed by atoms with van der Waals surface area (Å²) in [6, 6.07) is 0. The van der Waals surface area contributed by atoms with Crippen LogP contribution in [0, 0.1) is 0 Å². The van der Waals surface area contributed by atoms with E-state index in [0.29, 0.717) is 0 Å². The summed E-state index contributed by atoms with van der Waals surface area (Å²) >= 11 is 0. The second-order valence-corrected chi connectivity index (χ2v) is 3.65. The molecule has 0 aromatic carbocycles. The zero-order valence-corrected chi connectivity index (χ0v) is 8.56. The van der Waals surface area contributed by atoms with Crippen LogP contribution in [0.3, 0.4) is 0 Å². The lowest BCUT2D eigenvalue weighted by Gasteiger charge is -2.24. The van der Waals surface area contributed by atoms with Crippen LogP contribution in [0.2, 0.25) is 0 Å². The minimum atomic E-state index is -1.34. The Balaban J connectivity index is 2.72. The van der Waals surface area contributed by atoms with E-state index in [9.17, 15) is 10.2 Å². The Kier molecular flexibility index (Phi) is 3.41. The molecule has 0 amide bonds. The molecule has 2 unspecified atom stereocenters. The van der Waals surface area contributed by atoms with Gasteiger partial charge in [-0.1, -0.05) is 9.24 Å². The quantitative estimate of drug-likeness (QED) is 0.484. The van der Waals surface area contributed by atoms with Crippen molar-refractivity contribution in [3.63, 3.8) is 0 Å². The molecule has 0 bridgehead atoms. The van der Waals surface area contributed by atoms with Gasteiger partial charge in [0.15, 0.2) is 0 Å². The van der Waals surface area contributed by atoms with Gasteiger partial charge in [-0.25, -0.2) is 0 Å². The first-order valence-corrected chi connectivity index (χ1v) is 4.41. The second kappa shape index (κ2) is 3.81. The predicted octanol–water partition coefficient (Wildman–Crippen LogP) is -1.57. The standard InChI is InChI=1S/C5H12O5P2/c6-1-2-3(7)4(8)5(11,9-2)10-12/h2-4,6-8H,1,11-12H2/t2-,3+,4-,5+/m1/s1. The Bertz CT molecular complexity index is 168. The molecule has 1 saturated heterocycles. The van der Waals surface area contributed by atoms with Crippen LogP contribution in [0.4, 0.5) is 0 Å². The van der Waals surface area contributed by atoms with Crippen molar-refractivity contribution in [3.8, 4) is 0 Å². The van der Waals surface area contributed by atoms with Crippen LogP contribution in [0.5, 0.6) is 0 Å². The highest BCUT2D eigenvalue weighted by molar-refractivity contribution is 7.20. The largest absolute Gasteiger partial charge is 0.394 e. The van der Waals surface area contributed by atoms with Crippen LogP contribution in [0.1, 0.15) is 0 Å². The van der Waals surface area contributed by atoms with E-state index in [4.69, 9.17) is 14.4 Å². The van der Waals surface area contributed by atoms with E-state index in [1.807, 2.05) is 9.47 Å². The lowest BCUT2D eigenvalue weighted by atomic mass is 10.1. The molecule has 0 radical (unpaired) electrons. The molecule has 0 saturated carbocycles. The molecule has 5 nitrogen and oxygen atoms in total. The van der Waals surface area contributed by atoms with Crippen LogP contribution in [0.25, 0.3) is 0 Å². The number of aliphatic hydroxyl groups excluding tert-OH is 3. The minimum Gasteiger partial charge on any atom is -0.394 e. The number of rotatable bonds is 2. The molecule has 6 atom stereocenters. The lowest BCUT2D eigenvalue weighted by Crippen LogP contribution is -2.38. The van der Waals surface area contributed by atoms with E-state index < -0.39 is 23.8 Å². The fourth-order valence-electron chi connectivity index (χ4n) is 1.06. The van der Waals surface area contributed by atoms with Crippen molar-refractivity contribution in [1.82, 2.24) is 0 Å². The fourth-order valence-corrected chi connectivity index (χ4v) is 1.63. The third-order valence-electron chi connectivity index (χ3n) is 1.82. The van der Waals surface area contributed by atoms with Crippen molar-refractivity contribution in [2.24, 2.45) is 0 Å². The first-order valence-electron chi connectivity index (χ1n) is 3.36. The predicted molar refractivity (Wildman–Crippen MR) is 47.2 cm³/mol. The van der Waals surface area contributed by atoms with E-state index in [-0.39, 0.29) is 6.61 Å². The van der Waals surface area contributed by atoms with E-state index in [2.05, 4.69) is 9.24 Å². The van der Waals surface area contributed by atoms with Crippen molar-refractivity contribution >= 4 is 18.7 Å². The van der Waals surface area contributed by atoms with Gasteiger partial charge in [0.2, 0.25) is 5.53 Å². The van der Waals surface area contributed by atoms with Crippen molar-refractivity contribution in [2.75, 3.05) is 6.61 Å². The third-order valence-corrected chi connectivity index (χ3v) is 3.07. The maximum Gasteiger partial charge on any atom is 0.213 e. The van der Waals surface area contributed by atoms with Crippen LogP contribution in [0.15, 0.2) is 0 Å². The molecule has 1 aliphatic rings. The molecule has 0 aliphatic carbocycles. The highest BCUT2D eigenvalue weighted by atomic mass is 31.0. The second-order valence-electron chi connectivity index (χ2n) is 2.61. The van der Waals surface area contributed by atoms with Gasteiger partial charge in [0.1, 0.15) is 18.3 Å². The van der Waals surface area contributed by atoms with E-state index in [1.165, 1.54) is 0 Å². The SMILES string of the molecule is OC[C@H]1O[C@](P)(OP)[C@H](O)[C@H]1O. The van der Waals surface area contributed by atoms with Crippen LogP contribution >= 0.6 is 18.7 Å². The summed E-state index contributed by atoms with van der Waals surface area (Å²) in [6.07, 6.45) is -3.12. The molecule has 7 heteroatoms. The van der Waals surface area contributed by atoms with Gasteiger partial charge < -0.3 is 24.6 Å². The van der Waals surface area contributed by atoms with Gasteiger partial charge >= 0.3 is 0 Å². The number of hydrogen-bond donors (Lipinski definition) is 3. The van der Waals surface area contributed by atoms with Crippen LogP contribution in [-0.4, -0.2) is 45.8 Å². The zero-order chi connectivity index (χ0) is 9.35. The molecule has 0 aromatic heterocycles. The summed E-state index contributed by atoms with van der Waals surface area (Å²) in [6.45, 7) is -0.359. The fraction of sp³-hybridized carbons (Fsp3) is 1.00. The van der Waals surface area contributed by atoms with Gasteiger partial charge in [-0.15, -0.1) is 0 Å². The lowest BCUT2D eigenvalue weighted by molar-refractivity contribution is -0.138. The summed E-state index contributed by atoms with van der Waals surface area (Å²) in [7, 11) is 4.07. The van der Waals surface area contributed by atoms with Crippen LogP contribution < -0.4 is 0 Å². The maximum absolute atomic E-state index is 9.37. The van der Waals surface area contributed by atoms with Gasteiger partial charge in [0.25, 0.3) is 0 Å². The average molecular weight is 214 g/mol. The molecule has 1 aliphatic heterocycles. The molecule has 1 heterocycles. The molecule has 3 N–H and O–H groups in total. The van der Waals surface area contributed by atoms with Crippen molar-refractivity contribution in [3.05, 3.63) is 0 Å². The normalized spacial score (nSPS) is 48.2. The van der Waals surface area contributed by atoms with Crippen molar-refractivity contribution in [2.45, 2.75) is 23.8 Å². The van der Waals surface area contributed by atoms with Crippen molar-refractivity contribution < 1.29 is 24.6 Å². The summed E-state index contributed by atoms with van der Waals surface area (Å²) in [5, 5.41) is 27.4. The summed E-state index contributed by atoms with van der Waals surface area (Å²) in [5.74, 6) is 0. The van der Waals surface area contributed by atoms with E-state index in [0.717, 1.165) is 0 Å². The van der Waals surface area contributed by atoms with Crippen molar-refractivity contribution in [1.29, 1.82) is 0 Å². The topological polar surface area (TPSA) is 79.2 Å². The summed E-state index contributed by atoms with van der Waals surface area (Å²) in [5.41, 5.74) is -1.34. The highest BCUT2D eigenvalue weighted by Gasteiger charge is 2.51. The first-order chi connectivity index (χ1) is 5.55. The highest BCUT2D eigenvalue weighted by Crippen LogP contribution is 2.38. The molecule has 0 spiro atoms. The Hall–Kier alpha value is 0.660. The Morgan fingerprint density at radius 3 is 2.33 bits per heavy atom.